The molecule has 1 N–H and O–H groups in total. The number of hydrogen-bond acceptors (Lipinski definition) is 2. The highest BCUT2D eigenvalue weighted by Crippen LogP contribution is 2.47. The van der Waals surface area contributed by atoms with Crippen LogP contribution in [-0.4, -0.2) is 11.2 Å². The van der Waals surface area contributed by atoms with Gasteiger partial charge in [0.25, 0.3) is 0 Å². The van der Waals surface area contributed by atoms with Crippen LogP contribution in [0.4, 0.5) is 0 Å². The number of aliphatic hydroxyl groups excluding tert-OH is 1. The van der Waals surface area contributed by atoms with Crippen LogP contribution in [0.1, 0.15) is 58.3 Å². The highest BCUT2D eigenvalue weighted by atomic mass is 16.3. The van der Waals surface area contributed by atoms with Gasteiger partial charge in [-0.1, -0.05) is 31.9 Å². The second-order valence-electron chi connectivity index (χ2n) is 6.08. The minimum Gasteiger partial charge on any atom is -0.392 e. The number of nitriles is 1. The molecule has 2 nitrogen and oxygen atoms in total. The minimum atomic E-state index is -0.186. The molecule has 0 aromatic carbocycles. The Morgan fingerprint density at radius 2 is 2.17 bits per heavy atom. The van der Waals surface area contributed by atoms with Crippen molar-refractivity contribution in [2.45, 2.75) is 64.4 Å². The van der Waals surface area contributed by atoms with Crippen molar-refractivity contribution >= 4 is 0 Å². The predicted molar refractivity (Wildman–Crippen MR) is 72.8 cm³/mol. The molecule has 2 aliphatic rings. The third kappa shape index (κ3) is 2.62. The molecule has 2 heteroatoms. The van der Waals surface area contributed by atoms with Gasteiger partial charge in [-0.15, -0.1) is 0 Å². The second kappa shape index (κ2) is 5.89. The first kappa shape index (κ1) is 13.6. The molecule has 2 saturated carbocycles. The summed E-state index contributed by atoms with van der Waals surface area (Å²) < 4.78 is 0. The van der Waals surface area contributed by atoms with E-state index in [-0.39, 0.29) is 17.4 Å². The highest BCUT2D eigenvalue weighted by Gasteiger charge is 2.40. The zero-order chi connectivity index (χ0) is 13.0. The van der Waals surface area contributed by atoms with Crippen LogP contribution in [0.3, 0.4) is 0 Å². The van der Waals surface area contributed by atoms with Crippen LogP contribution >= 0.6 is 0 Å². The lowest BCUT2D eigenvalue weighted by Crippen LogP contribution is -2.40. The van der Waals surface area contributed by atoms with Crippen LogP contribution in [0.2, 0.25) is 0 Å². The van der Waals surface area contributed by atoms with E-state index >= 15 is 0 Å². The highest BCUT2D eigenvalue weighted by molar-refractivity contribution is 5.04. The molecule has 100 valence electrons. The minimum absolute atomic E-state index is 0.186. The van der Waals surface area contributed by atoms with Crippen molar-refractivity contribution < 1.29 is 5.11 Å². The van der Waals surface area contributed by atoms with Gasteiger partial charge in [0.05, 0.1) is 18.1 Å². The molecule has 2 rings (SSSR count). The number of allylic oxidation sites excluding steroid dienone is 1. The fourth-order valence-electron chi connectivity index (χ4n) is 3.56. The molecule has 0 heterocycles. The van der Waals surface area contributed by atoms with E-state index in [4.69, 9.17) is 5.26 Å². The quantitative estimate of drug-likeness (QED) is 0.751. The lowest BCUT2D eigenvalue weighted by molar-refractivity contribution is -0.0355. The van der Waals surface area contributed by atoms with Gasteiger partial charge in [-0.25, -0.2) is 0 Å². The molecule has 2 fully saturated rings. The van der Waals surface area contributed by atoms with E-state index in [0.717, 1.165) is 25.7 Å². The Balaban J connectivity index is 1.82. The summed E-state index contributed by atoms with van der Waals surface area (Å²) in [5.74, 6) is 0.642. The van der Waals surface area contributed by atoms with Gasteiger partial charge in [-0.2, -0.15) is 5.26 Å². The van der Waals surface area contributed by atoms with Crippen molar-refractivity contribution in [3.8, 4) is 6.07 Å². The maximum absolute atomic E-state index is 10.3. The maximum Gasteiger partial charge on any atom is 0.0661 e. The molecule has 18 heavy (non-hydrogen) atoms. The van der Waals surface area contributed by atoms with Crippen molar-refractivity contribution in [2.24, 2.45) is 17.3 Å². The summed E-state index contributed by atoms with van der Waals surface area (Å²) in [5.41, 5.74) is 0.203. The first-order chi connectivity index (χ1) is 8.72. The van der Waals surface area contributed by atoms with Crippen LogP contribution in [0.5, 0.6) is 0 Å². The molecule has 3 atom stereocenters. The molecule has 0 aromatic rings. The Hall–Kier alpha value is -0.810. The summed E-state index contributed by atoms with van der Waals surface area (Å²) in [7, 11) is 0. The standard InChI is InChI=1S/C16H25NO/c1-2-16(10-5-11-16)15(18)9-4-7-13-6-3-8-14(13)12-17/h4,7,13-15,18H,2-3,5-6,8-11H2,1H3/b7-4+/t13?,14-,15?/m0/s1. The fourth-order valence-corrected chi connectivity index (χ4v) is 3.56. The summed E-state index contributed by atoms with van der Waals surface area (Å²) in [6.07, 6.45) is 13.0. The lowest BCUT2D eigenvalue weighted by Gasteiger charge is -2.45. The largest absolute Gasteiger partial charge is 0.392 e. The molecule has 2 aliphatic carbocycles. The van der Waals surface area contributed by atoms with Gasteiger partial charge in [-0.3, -0.25) is 0 Å². The maximum atomic E-state index is 10.3. The van der Waals surface area contributed by atoms with Crippen LogP contribution < -0.4 is 0 Å². The van der Waals surface area contributed by atoms with Gasteiger partial charge in [0.2, 0.25) is 0 Å². The van der Waals surface area contributed by atoms with Crippen LogP contribution in [0.15, 0.2) is 12.2 Å². The molecule has 0 amide bonds. The molecule has 0 saturated heterocycles. The van der Waals surface area contributed by atoms with Gasteiger partial charge in [0, 0.05) is 0 Å². The zero-order valence-electron chi connectivity index (χ0n) is 11.4. The van der Waals surface area contributed by atoms with E-state index in [0.29, 0.717) is 5.92 Å². The van der Waals surface area contributed by atoms with Gasteiger partial charge >= 0.3 is 0 Å². The average Bonchev–Trinajstić information content (AvgIpc) is 2.76. The van der Waals surface area contributed by atoms with Crippen molar-refractivity contribution in [3.05, 3.63) is 12.2 Å². The van der Waals surface area contributed by atoms with Crippen molar-refractivity contribution in [2.75, 3.05) is 0 Å². The van der Waals surface area contributed by atoms with Crippen LogP contribution in [0, 0.1) is 28.6 Å². The molecular weight excluding hydrogens is 222 g/mol. The SMILES string of the molecule is CCC1(C(O)C/C=C/C2CCC[C@H]2C#N)CCC1. The molecule has 0 bridgehead atoms. The Morgan fingerprint density at radius 3 is 2.72 bits per heavy atom. The first-order valence-electron chi connectivity index (χ1n) is 7.46. The lowest BCUT2D eigenvalue weighted by atomic mass is 9.63. The molecular formula is C16H25NO. The molecule has 2 unspecified atom stereocenters. The van der Waals surface area contributed by atoms with Gasteiger partial charge in [0.1, 0.15) is 0 Å². The fraction of sp³-hybridized carbons (Fsp3) is 0.812. The molecule has 0 spiro atoms. The van der Waals surface area contributed by atoms with E-state index in [2.05, 4.69) is 25.1 Å². The zero-order valence-corrected chi connectivity index (χ0v) is 11.4. The second-order valence-corrected chi connectivity index (χ2v) is 6.08. The Morgan fingerprint density at radius 1 is 1.39 bits per heavy atom. The monoisotopic (exact) mass is 247 g/mol. The van der Waals surface area contributed by atoms with Crippen molar-refractivity contribution in [1.82, 2.24) is 0 Å². The van der Waals surface area contributed by atoms with Crippen LogP contribution in [0.25, 0.3) is 0 Å². The number of hydrogen-bond donors (Lipinski definition) is 1. The molecule has 0 aromatic heterocycles. The van der Waals surface area contributed by atoms with Gasteiger partial charge in [-0.05, 0) is 49.9 Å². The normalized spacial score (nSPS) is 32.1. The Kier molecular flexibility index (Phi) is 4.45. The van der Waals surface area contributed by atoms with Crippen molar-refractivity contribution in [1.29, 1.82) is 5.26 Å². The number of aliphatic hydroxyl groups is 1. The summed E-state index contributed by atoms with van der Waals surface area (Å²) in [6, 6.07) is 2.40. The number of nitrogens with zero attached hydrogens (tertiary/aromatic N) is 1. The summed E-state index contributed by atoms with van der Waals surface area (Å²) in [5, 5.41) is 19.3. The summed E-state index contributed by atoms with van der Waals surface area (Å²) in [6.45, 7) is 2.19. The van der Waals surface area contributed by atoms with E-state index in [1.165, 1.54) is 25.7 Å². The topological polar surface area (TPSA) is 44.0 Å². The molecule has 0 radical (unpaired) electrons. The van der Waals surface area contributed by atoms with E-state index in [1.54, 1.807) is 0 Å². The Labute approximate surface area is 111 Å². The summed E-state index contributed by atoms with van der Waals surface area (Å²) in [4.78, 5) is 0. The van der Waals surface area contributed by atoms with E-state index in [1.807, 2.05) is 0 Å². The van der Waals surface area contributed by atoms with E-state index < -0.39 is 0 Å². The predicted octanol–water partition coefficient (Wildman–Crippen LogP) is 3.81. The Bertz CT molecular complexity index is 332. The van der Waals surface area contributed by atoms with Crippen LogP contribution in [-0.2, 0) is 0 Å². The average molecular weight is 247 g/mol. The van der Waals surface area contributed by atoms with Crippen molar-refractivity contribution in [3.63, 3.8) is 0 Å². The third-order valence-corrected chi connectivity index (χ3v) is 5.24. The van der Waals surface area contributed by atoms with Gasteiger partial charge in [0.15, 0.2) is 0 Å². The van der Waals surface area contributed by atoms with E-state index in [9.17, 15) is 5.11 Å². The molecule has 0 aliphatic heterocycles. The first-order valence-corrected chi connectivity index (χ1v) is 7.46. The van der Waals surface area contributed by atoms with Gasteiger partial charge < -0.3 is 5.11 Å². The number of rotatable bonds is 5. The smallest absolute Gasteiger partial charge is 0.0661 e. The summed E-state index contributed by atoms with van der Waals surface area (Å²) >= 11 is 0. The third-order valence-electron chi connectivity index (χ3n) is 5.24.